The second kappa shape index (κ2) is 8.86. The number of nitrogens with two attached hydrogens (primary N) is 1. The molecule has 1 saturated heterocycles. The van der Waals surface area contributed by atoms with Crippen molar-refractivity contribution in [2.45, 2.75) is 45.3 Å². The zero-order valence-electron chi connectivity index (χ0n) is 12.2. The van der Waals surface area contributed by atoms with Crippen LogP contribution >= 0.6 is 0 Å². The summed E-state index contributed by atoms with van der Waals surface area (Å²) in [5.41, 5.74) is 5.94. The molecule has 0 saturated carbocycles. The Balaban J connectivity index is 2.46. The van der Waals surface area contributed by atoms with Gasteiger partial charge in [-0.05, 0) is 31.7 Å². The van der Waals surface area contributed by atoms with Crippen LogP contribution in [0.4, 0.5) is 0 Å². The van der Waals surface area contributed by atoms with Crippen molar-refractivity contribution in [3.63, 3.8) is 0 Å². The van der Waals surface area contributed by atoms with E-state index in [1.54, 1.807) is 7.11 Å². The van der Waals surface area contributed by atoms with E-state index in [1.165, 1.54) is 12.8 Å². The molecule has 0 spiro atoms. The van der Waals surface area contributed by atoms with Crippen LogP contribution in [0.25, 0.3) is 0 Å². The van der Waals surface area contributed by atoms with Crippen LogP contribution in [0.1, 0.15) is 33.1 Å². The summed E-state index contributed by atoms with van der Waals surface area (Å²) in [5, 5.41) is 0. The number of hydrogen-bond acceptors (Lipinski definition) is 4. The van der Waals surface area contributed by atoms with E-state index in [4.69, 9.17) is 15.2 Å². The fraction of sp³-hybridized carbons (Fsp3) is 1.00. The summed E-state index contributed by atoms with van der Waals surface area (Å²) >= 11 is 0. The van der Waals surface area contributed by atoms with Crippen molar-refractivity contribution in [3.8, 4) is 0 Å². The lowest BCUT2D eigenvalue weighted by molar-refractivity contribution is -0.0239. The molecule has 1 fully saturated rings. The average molecular weight is 258 g/mol. The Hall–Kier alpha value is -0.160. The van der Waals surface area contributed by atoms with Crippen molar-refractivity contribution in [1.29, 1.82) is 0 Å². The first-order chi connectivity index (χ1) is 8.72. The average Bonchev–Trinajstić information content (AvgIpc) is 2.38. The molecule has 0 aromatic heterocycles. The van der Waals surface area contributed by atoms with E-state index >= 15 is 0 Å². The third kappa shape index (κ3) is 4.84. The lowest BCUT2D eigenvalue weighted by Gasteiger charge is -2.40. The third-order valence-electron chi connectivity index (χ3n) is 3.76. The van der Waals surface area contributed by atoms with Gasteiger partial charge in [0.15, 0.2) is 0 Å². The summed E-state index contributed by atoms with van der Waals surface area (Å²) in [5.74, 6) is 0.477. The summed E-state index contributed by atoms with van der Waals surface area (Å²) in [7, 11) is 1.76. The number of piperidine rings is 1. The van der Waals surface area contributed by atoms with Crippen LogP contribution in [0, 0.1) is 5.92 Å². The molecular formula is C14H30N2O2. The van der Waals surface area contributed by atoms with Crippen molar-refractivity contribution in [3.05, 3.63) is 0 Å². The molecule has 1 rings (SSSR count). The molecule has 1 heterocycles. The van der Waals surface area contributed by atoms with Gasteiger partial charge in [-0.15, -0.1) is 0 Å². The van der Waals surface area contributed by atoms with Crippen LogP contribution in [0.3, 0.4) is 0 Å². The van der Waals surface area contributed by atoms with Crippen molar-refractivity contribution in [2.24, 2.45) is 11.7 Å². The van der Waals surface area contributed by atoms with Gasteiger partial charge >= 0.3 is 0 Å². The molecule has 3 unspecified atom stereocenters. The third-order valence-corrected chi connectivity index (χ3v) is 3.76. The lowest BCUT2D eigenvalue weighted by atomic mass is 9.97. The highest BCUT2D eigenvalue weighted by Crippen LogP contribution is 2.19. The van der Waals surface area contributed by atoms with Crippen molar-refractivity contribution in [2.75, 3.05) is 40.0 Å². The Kier molecular flexibility index (Phi) is 7.82. The maximum Gasteiger partial charge on any atom is 0.0702 e. The van der Waals surface area contributed by atoms with Crippen molar-refractivity contribution < 1.29 is 9.47 Å². The van der Waals surface area contributed by atoms with E-state index in [1.807, 2.05) is 0 Å². The molecule has 0 amide bonds. The topological polar surface area (TPSA) is 47.7 Å². The van der Waals surface area contributed by atoms with E-state index in [-0.39, 0.29) is 0 Å². The molecule has 2 N–H and O–H groups in total. The van der Waals surface area contributed by atoms with Gasteiger partial charge in [-0.2, -0.15) is 0 Å². The quantitative estimate of drug-likeness (QED) is 0.716. The van der Waals surface area contributed by atoms with Gasteiger partial charge < -0.3 is 15.2 Å². The first-order valence-electron chi connectivity index (χ1n) is 7.27. The van der Waals surface area contributed by atoms with Crippen LogP contribution in [0.5, 0.6) is 0 Å². The second-order valence-electron chi connectivity index (χ2n) is 5.37. The van der Waals surface area contributed by atoms with E-state index in [2.05, 4.69) is 18.7 Å². The molecule has 1 aliphatic heterocycles. The second-order valence-corrected chi connectivity index (χ2v) is 5.37. The Morgan fingerprint density at radius 2 is 2.22 bits per heavy atom. The maximum absolute atomic E-state index is 5.94. The molecule has 0 radical (unpaired) electrons. The van der Waals surface area contributed by atoms with Gasteiger partial charge in [-0.3, -0.25) is 4.90 Å². The van der Waals surface area contributed by atoms with Gasteiger partial charge in [0.2, 0.25) is 0 Å². The number of hydrogen-bond donors (Lipinski definition) is 1. The van der Waals surface area contributed by atoms with E-state index in [0.29, 0.717) is 24.6 Å². The first kappa shape index (κ1) is 15.9. The summed E-state index contributed by atoms with van der Waals surface area (Å²) in [6.45, 7) is 8.89. The standard InChI is InChI=1S/C14H30N2O2/c1-4-8-18-13-6-5-7-16(10-13)14(9-15)12(2)11-17-3/h12-14H,4-11,15H2,1-3H3. The predicted octanol–water partition coefficient (Wildman–Crippen LogP) is 1.49. The largest absolute Gasteiger partial charge is 0.384 e. The molecule has 0 aliphatic carbocycles. The first-order valence-corrected chi connectivity index (χ1v) is 7.27. The molecule has 4 heteroatoms. The summed E-state index contributed by atoms with van der Waals surface area (Å²) in [6.07, 6.45) is 3.89. The van der Waals surface area contributed by atoms with Crippen LogP contribution in [-0.4, -0.2) is 57.0 Å². The Bertz CT molecular complexity index is 214. The molecule has 3 atom stereocenters. The molecule has 0 bridgehead atoms. The lowest BCUT2D eigenvalue weighted by Crippen LogP contribution is -2.51. The summed E-state index contributed by atoms with van der Waals surface area (Å²) < 4.78 is 11.1. The fourth-order valence-electron chi connectivity index (χ4n) is 2.80. The van der Waals surface area contributed by atoms with E-state index < -0.39 is 0 Å². The number of nitrogens with zero attached hydrogens (tertiary/aromatic N) is 1. The minimum atomic E-state index is 0.391. The molecule has 0 aromatic carbocycles. The van der Waals surface area contributed by atoms with Gasteiger partial charge in [-0.1, -0.05) is 13.8 Å². The maximum atomic E-state index is 5.94. The normalized spacial score (nSPS) is 25.0. The van der Waals surface area contributed by atoms with Crippen LogP contribution in [0.2, 0.25) is 0 Å². The minimum absolute atomic E-state index is 0.391. The highest BCUT2D eigenvalue weighted by atomic mass is 16.5. The van der Waals surface area contributed by atoms with Crippen LogP contribution in [0.15, 0.2) is 0 Å². The fourth-order valence-corrected chi connectivity index (χ4v) is 2.80. The molecule has 0 aromatic rings. The van der Waals surface area contributed by atoms with Crippen LogP contribution in [-0.2, 0) is 9.47 Å². The Morgan fingerprint density at radius 3 is 2.83 bits per heavy atom. The molecule has 1 aliphatic rings. The highest BCUT2D eigenvalue weighted by molar-refractivity contribution is 4.83. The summed E-state index contributed by atoms with van der Waals surface area (Å²) in [6, 6.07) is 0.415. The number of methoxy groups -OCH3 is 1. The smallest absolute Gasteiger partial charge is 0.0702 e. The van der Waals surface area contributed by atoms with Gasteiger partial charge in [-0.25, -0.2) is 0 Å². The number of ether oxygens (including phenoxy) is 2. The number of rotatable bonds is 8. The monoisotopic (exact) mass is 258 g/mol. The zero-order valence-corrected chi connectivity index (χ0v) is 12.2. The Labute approximate surface area is 112 Å². The predicted molar refractivity (Wildman–Crippen MR) is 74.7 cm³/mol. The van der Waals surface area contributed by atoms with Gasteiger partial charge in [0, 0.05) is 32.8 Å². The van der Waals surface area contributed by atoms with Gasteiger partial charge in [0.25, 0.3) is 0 Å². The highest BCUT2D eigenvalue weighted by Gasteiger charge is 2.28. The van der Waals surface area contributed by atoms with Gasteiger partial charge in [0.05, 0.1) is 12.7 Å². The molecule has 4 nitrogen and oxygen atoms in total. The molecule has 108 valence electrons. The minimum Gasteiger partial charge on any atom is -0.384 e. The van der Waals surface area contributed by atoms with Crippen molar-refractivity contribution >= 4 is 0 Å². The Morgan fingerprint density at radius 1 is 1.44 bits per heavy atom. The molecule has 18 heavy (non-hydrogen) atoms. The molecular weight excluding hydrogens is 228 g/mol. The zero-order chi connectivity index (χ0) is 13.4. The van der Waals surface area contributed by atoms with Crippen LogP contribution < -0.4 is 5.73 Å². The van der Waals surface area contributed by atoms with E-state index in [0.717, 1.165) is 32.7 Å². The SMILES string of the molecule is CCCOC1CCCN(C(CN)C(C)COC)C1. The van der Waals surface area contributed by atoms with Crippen molar-refractivity contribution in [1.82, 2.24) is 4.90 Å². The van der Waals surface area contributed by atoms with Gasteiger partial charge in [0.1, 0.15) is 0 Å². The van der Waals surface area contributed by atoms with E-state index in [9.17, 15) is 0 Å². The summed E-state index contributed by atoms with van der Waals surface area (Å²) in [4.78, 5) is 2.49. The number of likely N-dealkylation sites (tertiary alicyclic amines) is 1.